The summed E-state index contributed by atoms with van der Waals surface area (Å²) in [6.45, 7) is 1.81. The number of aryl methyl sites for hydroxylation is 1. The number of hydrogen-bond acceptors (Lipinski definition) is 4. The lowest BCUT2D eigenvalue weighted by Gasteiger charge is -2.19. The number of hydrogen-bond donors (Lipinski definition) is 2. The Labute approximate surface area is 188 Å². The van der Waals surface area contributed by atoms with Crippen molar-refractivity contribution in [3.63, 3.8) is 0 Å². The zero-order chi connectivity index (χ0) is 24.2. The number of carbonyl (C=O) groups excluding carboxylic acids is 1. The standard InChI is InChI=1S/C24H21F3N2O4/c1-14-5-3-4-6-17(14)19(13-21(30)31)29-23(32)18-11-12-20(33-2)22(28-18)15-7-9-16(10-8-15)24(25,26)27/h3-12,19H,13H2,1-2H3,(H,29,32)(H,30,31)/t19-/m0/s1. The molecule has 0 unspecified atom stereocenters. The molecule has 3 rings (SSSR count). The highest BCUT2D eigenvalue weighted by Crippen LogP contribution is 2.33. The van der Waals surface area contributed by atoms with Crippen LogP contribution in [-0.2, 0) is 11.0 Å². The molecule has 2 N–H and O–H groups in total. The van der Waals surface area contributed by atoms with E-state index in [0.29, 0.717) is 11.1 Å². The maximum Gasteiger partial charge on any atom is 0.416 e. The number of aromatic nitrogens is 1. The molecule has 0 aliphatic carbocycles. The minimum atomic E-state index is -4.48. The van der Waals surface area contributed by atoms with E-state index in [9.17, 15) is 27.9 Å². The van der Waals surface area contributed by atoms with Gasteiger partial charge in [-0.15, -0.1) is 0 Å². The van der Waals surface area contributed by atoms with Crippen LogP contribution < -0.4 is 10.1 Å². The van der Waals surface area contributed by atoms with Crippen molar-refractivity contribution in [1.29, 1.82) is 0 Å². The van der Waals surface area contributed by atoms with Gasteiger partial charge in [-0.2, -0.15) is 13.2 Å². The number of carboxylic acid groups (broad SMARTS) is 1. The summed E-state index contributed by atoms with van der Waals surface area (Å²) in [6, 6.07) is 13.5. The predicted molar refractivity (Wildman–Crippen MR) is 115 cm³/mol. The fraction of sp³-hybridized carbons (Fsp3) is 0.208. The quantitative estimate of drug-likeness (QED) is 0.519. The Morgan fingerprint density at radius 1 is 1.06 bits per heavy atom. The molecule has 1 amide bonds. The molecule has 2 aromatic carbocycles. The molecule has 0 saturated carbocycles. The van der Waals surface area contributed by atoms with Crippen LogP contribution in [0.1, 0.15) is 39.6 Å². The van der Waals surface area contributed by atoms with E-state index >= 15 is 0 Å². The molecular formula is C24H21F3N2O4. The number of ether oxygens (including phenoxy) is 1. The molecule has 0 aliphatic rings. The van der Waals surface area contributed by atoms with Crippen LogP contribution in [0, 0.1) is 6.92 Å². The lowest BCUT2D eigenvalue weighted by molar-refractivity contribution is -0.138. The normalized spacial score (nSPS) is 12.2. The second kappa shape index (κ2) is 9.72. The van der Waals surface area contributed by atoms with Crippen LogP contribution in [0.3, 0.4) is 0 Å². The molecule has 1 aromatic heterocycles. The van der Waals surface area contributed by atoms with Gasteiger partial charge in [0.25, 0.3) is 5.91 Å². The zero-order valence-electron chi connectivity index (χ0n) is 17.8. The summed E-state index contributed by atoms with van der Waals surface area (Å²) in [5, 5.41) is 12.0. The van der Waals surface area contributed by atoms with Crippen molar-refractivity contribution in [1.82, 2.24) is 10.3 Å². The highest BCUT2D eigenvalue weighted by Gasteiger charge is 2.30. The van der Waals surface area contributed by atoms with Gasteiger partial charge in [-0.25, -0.2) is 4.98 Å². The number of aliphatic carboxylic acids is 1. The number of pyridine rings is 1. The average Bonchev–Trinajstić information content (AvgIpc) is 2.77. The maximum atomic E-state index is 12.9. The van der Waals surface area contributed by atoms with E-state index in [2.05, 4.69) is 10.3 Å². The van der Waals surface area contributed by atoms with Crippen molar-refractivity contribution in [3.8, 4) is 17.0 Å². The number of carbonyl (C=O) groups is 2. The van der Waals surface area contributed by atoms with Gasteiger partial charge in [0.15, 0.2) is 0 Å². The Morgan fingerprint density at radius 3 is 2.30 bits per heavy atom. The number of alkyl halides is 3. The first kappa shape index (κ1) is 23.8. The molecule has 0 bridgehead atoms. The smallest absolute Gasteiger partial charge is 0.416 e. The molecule has 33 heavy (non-hydrogen) atoms. The van der Waals surface area contributed by atoms with Crippen LogP contribution in [0.25, 0.3) is 11.3 Å². The number of benzene rings is 2. The van der Waals surface area contributed by atoms with Crippen molar-refractivity contribution in [2.75, 3.05) is 7.11 Å². The molecule has 0 saturated heterocycles. The Hall–Kier alpha value is -3.88. The maximum absolute atomic E-state index is 12.9. The summed E-state index contributed by atoms with van der Waals surface area (Å²) in [7, 11) is 1.38. The summed E-state index contributed by atoms with van der Waals surface area (Å²) in [4.78, 5) is 28.6. The molecule has 6 nitrogen and oxygen atoms in total. The lowest BCUT2D eigenvalue weighted by atomic mass is 9.98. The molecule has 0 spiro atoms. The summed E-state index contributed by atoms with van der Waals surface area (Å²) >= 11 is 0. The molecule has 172 valence electrons. The van der Waals surface area contributed by atoms with Gasteiger partial charge in [-0.3, -0.25) is 9.59 Å². The first-order valence-corrected chi connectivity index (χ1v) is 9.91. The van der Waals surface area contributed by atoms with Gasteiger partial charge in [0.1, 0.15) is 17.1 Å². The van der Waals surface area contributed by atoms with Gasteiger partial charge in [0.2, 0.25) is 0 Å². The van der Waals surface area contributed by atoms with E-state index in [-0.39, 0.29) is 23.6 Å². The summed E-state index contributed by atoms with van der Waals surface area (Å²) in [5.74, 6) is -1.44. The van der Waals surface area contributed by atoms with Crippen LogP contribution in [-0.4, -0.2) is 29.1 Å². The van der Waals surface area contributed by atoms with Crippen LogP contribution in [0.2, 0.25) is 0 Å². The molecule has 3 aromatic rings. The molecule has 1 heterocycles. The lowest BCUT2D eigenvalue weighted by Crippen LogP contribution is -2.31. The van der Waals surface area contributed by atoms with E-state index in [1.807, 2.05) is 13.0 Å². The van der Waals surface area contributed by atoms with Gasteiger partial charge in [-0.05, 0) is 42.3 Å². The van der Waals surface area contributed by atoms with E-state index in [4.69, 9.17) is 4.74 Å². The Bertz CT molecular complexity index is 1160. The van der Waals surface area contributed by atoms with Gasteiger partial charge in [0.05, 0.1) is 25.1 Å². The Balaban J connectivity index is 1.93. The fourth-order valence-corrected chi connectivity index (χ4v) is 3.38. The van der Waals surface area contributed by atoms with E-state index < -0.39 is 29.7 Å². The summed E-state index contributed by atoms with van der Waals surface area (Å²) in [6.07, 6.45) is -4.81. The zero-order valence-corrected chi connectivity index (χ0v) is 17.8. The first-order chi connectivity index (χ1) is 15.6. The number of rotatable bonds is 7. The number of amides is 1. The van der Waals surface area contributed by atoms with Gasteiger partial charge in [0, 0.05) is 5.56 Å². The number of methoxy groups -OCH3 is 1. The van der Waals surface area contributed by atoms with Gasteiger partial charge in [-0.1, -0.05) is 36.4 Å². The van der Waals surface area contributed by atoms with Crippen LogP contribution >= 0.6 is 0 Å². The minimum absolute atomic E-state index is 0.0327. The Kier molecular flexibility index (Phi) is 7.01. The number of halogens is 3. The Morgan fingerprint density at radius 2 is 1.73 bits per heavy atom. The highest BCUT2D eigenvalue weighted by atomic mass is 19.4. The van der Waals surface area contributed by atoms with Crippen LogP contribution in [0.15, 0.2) is 60.7 Å². The number of nitrogens with one attached hydrogen (secondary N) is 1. The van der Waals surface area contributed by atoms with Gasteiger partial charge < -0.3 is 15.2 Å². The molecule has 0 aliphatic heterocycles. The van der Waals surface area contributed by atoms with Gasteiger partial charge >= 0.3 is 12.1 Å². The van der Waals surface area contributed by atoms with Crippen molar-refractivity contribution in [2.24, 2.45) is 0 Å². The minimum Gasteiger partial charge on any atom is -0.494 e. The summed E-state index contributed by atoms with van der Waals surface area (Å²) < 4.78 is 43.9. The van der Waals surface area contributed by atoms with Crippen molar-refractivity contribution in [2.45, 2.75) is 25.6 Å². The third-order valence-electron chi connectivity index (χ3n) is 5.04. The van der Waals surface area contributed by atoms with E-state index in [1.54, 1.807) is 18.2 Å². The molecular weight excluding hydrogens is 437 g/mol. The molecule has 1 atom stereocenters. The number of carboxylic acids is 1. The second-order valence-corrected chi connectivity index (χ2v) is 7.30. The highest BCUT2D eigenvalue weighted by molar-refractivity contribution is 5.93. The molecule has 0 fully saturated rings. The van der Waals surface area contributed by atoms with Crippen LogP contribution in [0.4, 0.5) is 13.2 Å². The SMILES string of the molecule is COc1ccc(C(=O)N[C@@H](CC(=O)O)c2ccccc2C)nc1-c1ccc(C(F)(F)F)cc1. The number of nitrogens with zero attached hydrogens (tertiary/aromatic N) is 1. The fourth-order valence-electron chi connectivity index (χ4n) is 3.38. The van der Waals surface area contributed by atoms with Crippen LogP contribution in [0.5, 0.6) is 5.75 Å². The molecule has 0 radical (unpaired) electrons. The van der Waals surface area contributed by atoms with E-state index in [0.717, 1.165) is 17.7 Å². The third kappa shape index (κ3) is 5.68. The van der Waals surface area contributed by atoms with Crippen molar-refractivity contribution >= 4 is 11.9 Å². The average molecular weight is 458 g/mol. The second-order valence-electron chi connectivity index (χ2n) is 7.30. The monoisotopic (exact) mass is 458 g/mol. The van der Waals surface area contributed by atoms with E-state index in [1.165, 1.54) is 31.4 Å². The molecule has 9 heteroatoms. The van der Waals surface area contributed by atoms with Crippen molar-refractivity contribution in [3.05, 3.63) is 83.0 Å². The topological polar surface area (TPSA) is 88.5 Å². The first-order valence-electron chi connectivity index (χ1n) is 9.91. The third-order valence-corrected chi connectivity index (χ3v) is 5.04. The van der Waals surface area contributed by atoms with Crippen molar-refractivity contribution < 1.29 is 32.6 Å². The predicted octanol–water partition coefficient (Wildman–Crippen LogP) is 5.03. The largest absolute Gasteiger partial charge is 0.494 e. The summed E-state index contributed by atoms with van der Waals surface area (Å²) in [5.41, 5.74) is 1.14.